The molecule has 32 heavy (non-hydrogen) atoms. The lowest BCUT2D eigenvalue weighted by molar-refractivity contribution is -0.384. The molecule has 0 saturated heterocycles. The van der Waals surface area contributed by atoms with Crippen LogP contribution in [0.4, 0.5) is 15.8 Å². The molecular weight excluding hydrogens is 481 g/mol. The van der Waals surface area contributed by atoms with Crippen LogP contribution in [-0.4, -0.2) is 10.8 Å². The van der Waals surface area contributed by atoms with E-state index in [1.165, 1.54) is 36.4 Å². The van der Waals surface area contributed by atoms with Crippen LogP contribution >= 0.6 is 15.9 Å². The van der Waals surface area contributed by atoms with Gasteiger partial charge in [0.15, 0.2) is 0 Å². The number of hydrogen-bond donors (Lipinski definition) is 1. The molecule has 1 amide bonds. The zero-order valence-corrected chi connectivity index (χ0v) is 18.0. The highest BCUT2D eigenvalue weighted by atomic mass is 79.9. The minimum Gasteiger partial charge on any atom is -0.488 e. The lowest BCUT2D eigenvalue weighted by Gasteiger charge is -2.11. The van der Waals surface area contributed by atoms with Crippen molar-refractivity contribution in [2.24, 2.45) is 0 Å². The number of rotatable bonds is 7. The minimum atomic E-state index is -0.743. The number of halogens is 2. The van der Waals surface area contributed by atoms with Crippen LogP contribution < -0.4 is 10.1 Å². The van der Waals surface area contributed by atoms with E-state index in [0.717, 1.165) is 0 Å². The van der Waals surface area contributed by atoms with Crippen molar-refractivity contribution < 1.29 is 18.8 Å². The van der Waals surface area contributed by atoms with Gasteiger partial charge in [0.2, 0.25) is 0 Å². The number of ether oxygens (including phenoxy) is 1. The Morgan fingerprint density at radius 2 is 1.97 bits per heavy atom. The third-order valence-electron chi connectivity index (χ3n) is 4.29. The molecule has 3 aromatic rings. The number of nitriles is 1. The van der Waals surface area contributed by atoms with Gasteiger partial charge in [0.1, 0.15) is 29.8 Å². The van der Waals surface area contributed by atoms with Crippen LogP contribution in [0.25, 0.3) is 6.08 Å². The van der Waals surface area contributed by atoms with Crippen LogP contribution in [0.5, 0.6) is 5.75 Å². The van der Waals surface area contributed by atoms with Crippen molar-refractivity contribution in [1.82, 2.24) is 0 Å². The Morgan fingerprint density at radius 1 is 1.19 bits per heavy atom. The van der Waals surface area contributed by atoms with Crippen molar-refractivity contribution in [3.8, 4) is 11.8 Å². The Morgan fingerprint density at radius 3 is 2.69 bits per heavy atom. The second-order valence-corrected chi connectivity index (χ2v) is 7.41. The predicted octanol–water partition coefficient (Wildman–Crippen LogP) is 5.62. The van der Waals surface area contributed by atoms with E-state index in [1.54, 1.807) is 36.4 Å². The SMILES string of the molecule is N#C/C(=C\c1cc(Br)ccc1OCc1ccccc1F)C(=O)Nc1cccc([N+](=O)[O-])c1. The zero-order chi connectivity index (χ0) is 23.1. The minimum absolute atomic E-state index is 0.0447. The maximum absolute atomic E-state index is 13.9. The Labute approximate surface area is 191 Å². The zero-order valence-electron chi connectivity index (χ0n) is 16.4. The molecule has 0 radical (unpaired) electrons. The van der Waals surface area contributed by atoms with Gasteiger partial charge in [0.05, 0.1) is 4.92 Å². The molecule has 0 heterocycles. The molecule has 3 aromatic carbocycles. The monoisotopic (exact) mass is 495 g/mol. The lowest BCUT2D eigenvalue weighted by atomic mass is 10.1. The number of nitrogens with zero attached hydrogens (tertiary/aromatic N) is 2. The van der Waals surface area contributed by atoms with Crippen molar-refractivity contribution in [3.05, 3.63) is 104 Å². The molecule has 0 unspecified atom stereocenters. The molecule has 0 aliphatic rings. The van der Waals surface area contributed by atoms with E-state index in [2.05, 4.69) is 21.2 Å². The van der Waals surface area contributed by atoms with Gasteiger partial charge in [-0.2, -0.15) is 5.26 Å². The summed E-state index contributed by atoms with van der Waals surface area (Å²) in [4.78, 5) is 22.9. The Bertz CT molecular complexity index is 1250. The molecule has 0 fully saturated rings. The fourth-order valence-electron chi connectivity index (χ4n) is 2.73. The third kappa shape index (κ3) is 5.77. The summed E-state index contributed by atoms with van der Waals surface area (Å²) in [6.07, 6.45) is 1.33. The molecule has 1 N–H and O–H groups in total. The normalized spacial score (nSPS) is 10.8. The molecule has 0 spiro atoms. The number of anilines is 1. The Balaban J connectivity index is 1.84. The molecule has 0 aromatic heterocycles. The summed E-state index contributed by atoms with van der Waals surface area (Å²) >= 11 is 3.34. The standard InChI is InChI=1S/C23H15BrFN3O4/c24-18-8-9-22(32-14-15-4-1-2-7-21(15)25)16(11-18)10-17(13-26)23(29)27-19-5-3-6-20(12-19)28(30)31/h1-12H,14H2,(H,27,29)/b17-10+. The second kappa shape index (κ2) is 10.3. The average Bonchev–Trinajstić information content (AvgIpc) is 2.78. The highest BCUT2D eigenvalue weighted by molar-refractivity contribution is 9.10. The van der Waals surface area contributed by atoms with E-state index >= 15 is 0 Å². The first-order chi connectivity index (χ1) is 15.4. The molecule has 0 bridgehead atoms. The lowest BCUT2D eigenvalue weighted by Crippen LogP contribution is -2.13. The maximum Gasteiger partial charge on any atom is 0.271 e. The first-order valence-corrected chi connectivity index (χ1v) is 10.00. The first kappa shape index (κ1) is 22.7. The number of nitrogens with one attached hydrogen (secondary N) is 1. The molecule has 3 rings (SSSR count). The van der Waals surface area contributed by atoms with Gasteiger partial charge in [-0.05, 0) is 36.4 Å². The molecule has 7 nitrogen and oxygen atoms in total. The van der Waals surface area contributed by atoms with Gasteiger partial charge in [-0.1, -0.05) is 40.2 Å². The molecule has 160 valence electrons. The van der Waals surface area contributed by atoms with E-state index < -0.39 is 16.6 Å². The van der Waals surface area contributed by atoms with Gasteiger partial charge < -0.3 is 10.1 Å². The van der Waals surface area contributed by atoms with E-state index in [9.17, 15) is 24.6 Å². The number of carbonyl (C=O) groups excluding carboxylic acids is 1. The van der Waals surface area contributed by atoms with Crippen LogP contribution in [-0.2, 0) is 11.4 Å². The Hall–Kier alpha value is -4.03. The van der Waals surface area contributed by atoms with Crippen LogP contribution in [0.3, 0.4) is 0 Å². The molecule has 0 aliphatic carbocycles. The number of amides is 1. The van der Waals surface area contributed by atoms with E-state index in [1.807, 2.05) is 6.07 Å². The highest BCUT2D eigenvalue weighted by Crippen LogP contribution is 2.27. The summed E-state index contributed by atoms with van der Waals surface area (Å²) < 4.78 is 20.3. The summed E-state index contributed by atoms with van der Waals surface area (Å²) in [5, 5.41) is 22.9. The molecular formula is C23H15BrFN3O4. The van der Waals surface area contributed by atoms with Crippen LogP contribution in [0.1, 0.15) is 11.1 Å². The summed E-state index contributed by atoms with van der Waals surface area (Å²) in [6.45, 7) is -0.0447. The molecule has 9 heteroatoms. The Kier molecular flexibility index (Phi) is 7.31. The number of hydrogen-bond acceptors (Lipinski definition) is 5. The number of nitro groups is 1. The summed E-state index contributed by atoms with van der Waals surface area (Å²) in [7, 11) is 0. The summed E-state index contributed by atoms with van der Waals surface area (Å²) in [5.41, 5.74) is 0.512. The van der Waals surface area contributed by atoms with Gasteiger partial charge in [-0.15, -0.1) is 0 Å². The second-order valence-electron chi connectivity index (χ2n) is 6.49. The van der Waals surface area contributed by atoms with Crippen LogP contribution in [0, 0.1) is 27.3 Å². The smallest absolute Gasteiger partial charge is 0.271 e. The van der Waals surface area contributed by atoms with Crippen molar-refractivity contribution in [2.45, 2.75) is 6.61 Å². The van der Waals surface area contributed by atoms with Gasteiger partial charge >= 0.3 is 0 Å². The summed E-state index contributed by atoms with van der Waals surface area (Å²) in [5.74, 6) is -0.809. The highest BCUT2D eigenvalue weighted by Gasteiger charge is 2.14. The van der Waals surface area contributed by atoms with Gasteiger partial charge in [-0.25, -0.2) is 4.39 Å². The van der Waals surface area contributed by atoms with Crippen LogP contribution in [0.2, 0.25) is 0 Å². The van der Waals surface area contributed by atoms with E-state index in [4.69, 9.17) is 4.74 Å². The molecule has 0 aliphatic heterocycles. The van der Waals surface area contributed by atoms with E-state index in [0.29, 0.717) is 21.3 Å². The van der Waals surface area contributed by atoms with Gasteiger partial charge in [-0.3, -0.25) is 14.9 Å². The van der Waals surface area contributed by atoms with Crippen molar-refractivity contribution in [3.63, 3.8) is 0 Å². The number of nitro benzene ring substituents is 1. The third-order valence-corrected chi connectivity index (χ3v) is 4.79. The van der Waals surface area contributed by atoms with Gasteiger partial charge in [0, 0.05) is 33.4 Å². The fourth-order valence-corrected chi connectivity index (χ4v) is 3.11. The van der Waals surface area contributed by atoms with E-state index in [-0.39, 0.29) is 23.6 Å². The number of non-ortho nitro benzene ring substituents is 1. The van der Waals surface area contributed by atoms with Crippen molar-refractivity contribution in [1.29, 1.82) is 5.26 Å². The van der Waals surface area contributed by atoms with Crippen molar-refractivity contribution >= 4 is 39.3 Å². The topological polar surface area (TPSA) is 105 Å². The quantitative estimate of drug-likeness (QED) is 0.198. The van der Waals surface area contributed by atoms with Gasteiger partial charge in [0.25, 0.3) is 11.6 Å². The summed E-state index contributed by atoms with van der Waals surface area (Å²) in [6, 6.07) is 18.4. The van der Waals surface area contributed by atoms with Crippen LogP contribution in [0.15, 0.2) is 76.8 Å². The first-order valence-electron chi connectivity index (χ1n) is 9.20. The molecule has 0 atom stereocenters. The largest absolute Gasteiger partial charge is 0.488 e. The van der Waals surface area contributed by atoms with Crippen molar-refractivity contribution in [2.75, 3.05) is 5.32 Å². The maximum atomic E-state index is 13.9. The number of benzene rings is 3. The predicted molar refractivity (Wildman–Crippen MR) is 120 cm³/mol. The molecule has 0 saturated carbocycles. The average molecular weight is 496 g/mol. The number of carbonyl (C=O) groups is 1. The fraction of sp³-hybridized carbons (Fsp3) is 0.0435.